The zero-order valence-electron chi connectivity index (χ0n) is 25.5. The number of rotatable bonds is 14. The van der Waals surface area contributed by atoms with Crippen LogP contribution in [-0.4, -0.2) is 24.0 Å². The maximum atomic E-state index is 13.9. The van der Waals surface area contributed by atoms with Crippen molar-refractivity contribution in [3.05, 3.63) is 143 Å². The molecule has 0 fully saturated rings. The minimum Gasteiger partial charge on any atom is -0.320 e. The van der Waals surface area contributed by atoms with Crippen LogP contribution < -0.4 is 5.32 Å². The Morgan fingerprint density at radius 1 is 0.738 bits per heavy atom. The minimum absolute atomic E-state index is 0.0541. The van der Waals surface area contributed by atoms with Crippen molar-refractivity contribution in [2.45, 2.75) is 64.7 Å². The number of benzene rings is 4. The first-order valence-electron chi connectivity index (χ1n) is 15.5. The van der Waals surface area contributed by atoms with Crippen molar-refractivity contribution in [3.63, 3.8) is 0 Å². The standard InChI is InChI=1S/C39H46N2O/c1-4-5-9-18-33(29-32-16-10-6-11-17-32)30-41(39(42)40-37-25-23-34(24-26-37)31(2)3)28-27-38(35-19-12-7-13-20-35)36-21-14-8-15-22-36/h6-8,10-17,19-26,29,31,38H,4-5,9,18,27-28,30H2,1-3H3,(H,40,42)/b33-29-. The van der Waals surface area contributed by atoms with Gasteiger partial charge < -0.3 is 10.2 Å². The lowest BCUT2D eigenvalue weighted by molar-refractivity contribution is 0.214. The molecule has 42 heavy (non-hydrogen) atoms. The van der Waals surface area contributed by atoms with E-state index in [0.29, 0.717) is 19.0 Å². The topological polar surface area (TPSA) is 32.3 Å². The molecule has 3 heteroatoms. The number of hydrogen-bond acceptors (Lipinski definition) is 1. The maximum absolute atomic E-state index is 13.9. The van der Waals surface area contributed by atoms with Crippen molar-refractivity contribution >= 4 is 17.8 Å². The van der Waals surface area contributed by atoms with E-state index in [1.54, 1.807) is 0 Å². The molecule has 2 amide bonds. The van der Waals surface area contributed by atoms with Crippen LogP contribution in [0.25, 0.3) is 6.08 Å². The van der Waals surface area contributed by atoms with Crippen molar-refractivity contribution in [3.8, 4) is 0 Å². The third-order valence-electron chi connectivity index (χ3n) is 7.87. The number of nitrogens with zero attached hydrogens (tertiary/aromatic N) is 1. The van der Waals surface area contributed by atoms with Gasteiger partial charge in [0.05, 0.1) is 0 Å². The lowest BCUT2D eigenvalue weighted by Crippen LogP contribution is -2.38. The summed E-state index contributed by atoms with van der Waals surface area (Å²) in [6.07, 6.45) is 7.57. The van der Waals surface area contributed by atoms with E-state index in [-0.39, 0.29) is 11.9 Å². The average molecular weight is 559 g/mol. The summed E-state index contributed by atoms with van der Waals surface area (Å²) in [7, 11) is 0. The number of hydrogen-bond donors (Lipinski definition) is 1. The summed E-state index contributed by atoms with van der Waals surface area (Å²) in [4.78, 5) is 15.9. The van der Waals surface area contributed by atoms with Gasteiger partial charge in [-0.15, -0.1) is 0 Å². The first kappa shape index (κ1) is 30.8. The van der Waals surface area contributed by atoms with Crippen LogP contribution in [0, 0.1) is 0 Å². The second-order valence-electron chi connectivity index (χ2n) is 11.5. The van der Waals surface area contributed by atoms with Gasteiger partial charge in [0.15, 0.2) is 0 Å². The molecule has 4 rings (SSSR count). The Hall–Kier alpha value is -4.11. The summed E-state index contributed by atoms with van der Waals surface area (Å²) < 4.78 is 0. The van der Waals surface area contributed by atoms with Gasteiger partial charge in [-0.1, -0.05) is 148 Å². The minimum atomic E-state index is -0.0541. The molecule has 0 bridgehead atoms. The normalized spacial score (nSPS) is 11.6. The monoisotopic (exact) mass is 558 g/mol. The van der Waals surface area contributed by atoms with E-state index in [1.165, 1.54) is 40.7 Å². The summed E-state index contributed by atoms with van der Waals surface area (Å²) >= 11 is 0. The van der Waals surface area contributed by atoms with E-state index in [2.05, 4.69) is 129 Å². The predicted molar refractivity (Wildman–Crippen MR) is 179 cm³/mol. The van der Waals surface area contributed by atoms with Gasteiger partial charge in [0, 0.05) is 24.7 Å². The number of unbranched alkanes of at least 4 members (excludes halogenated alkanes) is 2. The van der Waals surface area contributed by atoms with Crippen LogP contribution in [0.4, 0.5) is 10.5 Å². The molecule has 218 valence electrons. The second-order valence-corrected chi connectivity index (χ2v) is 11.5. The number of carbonyl (C=O) groups excluding carboxylic acids is 1. The van der Waals surface area contributed by atoms with Crippen LogP contribution >= 0.6 is 0 Å². The predicted octanol–water partition coefficient (Wildman–Crippen LogP) is 10.5. The summed E-state index contributed by atoms with van der Waals surface area (Å²) in [5.74, 6) is 0.655. The molecule has 0 aliphatic rings. The molecular formula is C39H46N2O. The Bertz CT molecular complexity index is 1320. The number of nitrogens with one attached hydrogen (secondary N) is 1. The number of carbonyl (C=O) groups is 1. The van der Waals surface area contributed by atoms with Crippen LogP contribution in [0.1, 0.15) is 87.0 Å². The van der Waals surface area contributed by atoms with Crippen molar-refractivity contribution in [1.29, 1.82) is 0 Å². The largest absolute Gasteiger partial charge is 0.322 e. The van der Waals surface area contributed by atoms with E-state index in [1.807, 2.05) is 23.1 Å². The fourth-order valence-electron chi connectivity index (χ4n) is 5.42. The molecule has 0 unspecified atom stereocenters. The van der Waals surface area contributed by atoms with E-state index in [4.69, 9.17) is 0 Å². The molecule has 4 aromatic rings. The van der Waals surface area contributed by atoms with E-state index < -0.39 is 0 Å². The Morgan fingerprint density at radius 3 is 1.86 bits per heavy atom. The first-order chi connectivity index (χ1) is 20.5. The summed E-state index contributed by atoms with van der Waals surface area (Å²) in [5.41, 5.74) is 7.11. The highest BCUT2D eigenvalue weighted by atomic mass is 16.2. The highest BCUT2D eigenvalue weighted by Gasteiger charge is 2.20. The lowest BCUT2D eigenvalue weighted by atomic mass is 9.88. The summed E-state index contributed by atoms with van der Waals surface area (Å²) in [6, 6.07) is 40.0. The third-order valence-corrected chi connectivity index (χ3v) is 7.87. The number of anilines is 1. The first-order valence-corrected chi connectivity index (χ1v) is 15.5. The molecule has 0 saturated carbocycles. The molecule has 1 N–H and O–H groups in total. The summed E-state index contributed by atoms with van der Waals surface area (Å²) in [6.45, 7) is 7.85. The van der Waals surface area contributed by atoms with Gasteiger partial charge in [-0.05, 0) is 59.6 Å². The molecule has 0 aliphatic heterocycles. The molecule has 3 nitrogen and oxygen atoms in total. The van der Waals surface area contributed by atoms with E-state index in [0.717, 1.165) is 24.9 Å². The second kappa shape index (κ2) is 16.4. The van der Waals surface area contributed by atoms with Gasteiger partial charge in [0.25, 0.3) is 0 Å². The Kier molecular flexibility index (Phi) is 12.0. The quantitative estimate of drug-likeness (QED) is 0.153. The molecular weight excluding hydrogens is 512 g/mol. The fraction of sp³-hybridized carbons (Fsp3) is 0.308. The molecule has 0 aliphatic carbocycles. The fourth-order valence-corrected chi connectivity index (χ4v) is 5.42. The molecule has 0 radical (unpaired) electrons. The Labute approximate surface area is 253 Å². The zero-order chi connectivity index (χ0) is 29.6. The Balaban J connectivity index is 1.61. The van der Waals surface area contributed by atoms with Crippen molar-refractivity contribution < 1.29 is 4.79 Å². The smallest absolute Gasteiger partial charge is 0.320 e. The molecule has 0 aromatic heterocycles. The van der Waals surface area contributed by atoms with Crippen LogP contribution in [0.3, 0.4) is 0 Å². The van der Waals surface area contributed by atoms with Crippen molar-refractivity contribution in [2.75, 3.05) is 18.4 Å². The van der Waals surface area contributed by atoms with Gasteiger partial charge in [0.2, 0.25) is 0 Å². The SMILES string of the molecule is CCCCC/C(=C/c1ccccc1)CN(CCC(c1ccccc1)c1ccccc1)C(=O)Nc1ccc(C(C)C)cc1. The molecule has 0 spiro atoms. The number of urea groups is 1. The van der Waals surface area contributed by atoms with Gasteiger partial charge in [0.1, 0.15) is 0 Å². The average Bonchev–Trinajstić information content (AvgIpc) is 3.02. The van der Waals surface area contributed by atoms with Crippen molar-refractivity contribution in [1.82, 2.24) is 4.90 Å². The number of amides is 2. The van der Waals surface area contributed by atoms with Crippen LogP contribution in [0.2, 0.25) is 0 Å². The molecule has 0 heterocycles. The summed E-state index contributed by atoms with van der Waals surface area (Å²) in [5, 5.41) is 3.21. The highest BCUT2D eigenvalue weighted by Crippen LogP contribution is 2.29. The van der Waals surface area contributed by atoms with Crippen LogP contribution in [0.15, 0.2) is 121 Å². The highest BCUT2D eigenvalue weighted by molar-refractivity contribution is 5.89. The third kappa shape index (κ3) is 9.48. The maximum Gasteiger partial charge on any atom is 0.322 e. The van der Waals surface area contributed by atoms with Gasteiger partial charge in [-0.3, -0.25) is 0 Å². The molecule has 0 atom stereocenters. The Morgan fingerprint density at radius 2 is 1.31 bits per heavy atom. The zero-order valence-corrected chi connectivity index (χ0v) is 25.5. The van der Waals surface area contributed by atoms with Gasteiger partial charge in [-0.2, -0.15) is 0 Å². The lowest BCUT2D eigenvalue weighted by Gasteiger charge is -2.27. The van der Waals surface area contributed by atoms with Gasteiger partial charge >= 0.3 is 6.03 Å². The van der Waals surface area contributed by atoms with E-state index >= 15 is 0 Å². The molecule has 4 aromatic carbocycles. The van der Waals surface area contributed by atoms with Crippen molar-refractivity contribution in [2.24, 2.45) is 0 Å². The molecule has 0 saturated heterocycles. The van der Waals surface area contributed by atoms with Crippen LogP contribution in [0.5, 0.6) is 0 Å². The van der Waals surface area contributed by atoms with Crippen LogP contribution in [-0.2, 0) is 0 Å². The van der Waals surface area contributed by atoms with E-state index in [9.17, 15) is 4.79 Å². The van der Waals surface area contributed by atoms with Gasteiger partial charge in [-0.25, -0.2) is 4.79 Å².